The molecule has 0 spiro atoms. The zero-order valence-electron chi connectivity index (χ0n) is 10.7. The quantitative estimate of drug-likeness (QED) is 0.532. The molecule has 2 rings (SSSR count). The van der Waals surface area contributed by atoms with Gasteiger partial charge in [0.05, 0.1) is 21.7 Å². The number of halogens is 4. The summed E-state index contributed by atoms with van der Waals surface area (Å²) in [5.41, 5.74) is 0.431. The van der Waals surface area contributed by atoms with Crippen molar-refractivity contribution in [2.45, 2.75) is 6.42 Å². The molecule has 0 N–H and O–H groups in total. The molecule has 0 saturated heterocycles. The van der Waals surface area contributed by atoms with Crippen molar-refractivity contribution in [1.82, 2.24) is 0 Å². The van der Waals surface area contributed by atoms with Crippen LogP contribution in [0.15, 0.2) is 36.4 Å². The number of rotatable bonds is 5. The Balaban J connectivity index is 1.94. The fraction of sp³-hybridized carbons (Fsp3) is 0.133. The molecule has 2 aromatic carbocycles. The van der Waals surface area contributed by atoms with Gasteiger partial charge in [0, 0.05) is 18.1 Å². The Morgan fingerprint density at radius 1 is 1.00 bits per heavy atom. The van der Waals surface area contributed by atoms with Crippen molar-refractivity contribution in [3.05, 3.63) is 62.8 Å². The Labute approximate surface area is 136 Å². The maximum Gasteiger partial charge on any atom is 0.166 e. The molecule has 0 radical (unpaired) electrons. The molecule has 0 heterocycles. The highest BCUT2D eigenvalue weighted by Crippen LogP contribution is 2.33. The third-order valence-corrected chi connectivity index (χ3v) is 3.75. The first-order valence-corrected chi connectivity index (χ1v) is 7.17. The van der Waals surface area contributed by atoms with E-state index < -0.39 is 0 Å². The summed E-state index contributed by atoms with van der Waals surface area (Å²) in [6.45, 7) is 0.133. The topological polar surface area (TPSA) is 26.3 Å². The molecular formula is C15H10Cl3FO2. The van der Waals surface area contributed by atoms with Gasteiger partial charge in [-0.05, 0) is 30.3 Å². The van der Waals surface area contributed by atoms with Crippen LogP contribution in [0, 0.1) is 5.82 Å². The van der Waals surface area contributed by atoms with Crippen LogP contribution in [0.2, 0.25) is 15.1 Å². The molecule has 0 atom stereocenters. The van der Waals surface area contributed by atoms with E-state index in [1.165, 1.54) is 36.4 Å². The van der Waals surface area contributed by atoms with Gasteiger partial charge in [-0.25, -0.2) is 4.39 Å². The molecule has 0 saturated carbocycles. The first-order valence-electron chi connectivity index (χ1n) is 6.03. The lowest BCUT2D eigenvalue weighted by Crippen LogP contribution is -2.07. The standard InChI is InChI=1S/C15H10Cl3FO2/c16-11-7-13(18)15(8-12(11)17)21-6-5-14(20)9-1-3-10(19)4-2-9/h1-4,7-8H,5-6H2. The molecule has 21 heavy (non-hydrogen) atoms. The molecule has 0 unspecified atom stereocenters. The first-order chi connectivity index (χ1) is 9.97. The predicted molar refractivity (Wildman–Crippen MR) is 82.3 cm³/mol. The molecule has 0 aliphatic carbocycles. The smallest absolute Gasteiger partial charge is 0.166 e. The molecule has 0 amide bonds. The van der Waals surface area contributed by atoms with Gasteiger partial charge < -0.3 is 4.74 Å². The predicted octanol–water partition coefficient (Wildman–Crippen LogP) is 5.44. The van der Waals surface area contributed by atoms with Crippen LogP contribution >= 0.6 is 34.8 Å². The van der Waals surface area contributed by atoms with E-state index in [1.807, 2.05) is 0 Å². The minimum atomic E-state index is -0.384. The van der Waals surface area contributed by atoms with Crippen molar-refractivity contribution in [2.75, 3.05) is 6.61 Å². The normalized spacial score (nSPS) is 10.5. The Morgan fingerprint density at radius 2 is 1.62 bits per heavy atom. The zero-order chi connectivity index (χ0) is 15.4. The highest BCUT2D eigenvalue weighted by Gasteiger charge is 2.09. The summed E-state index contributed by atoms with van der Waals surface area (Å²) in [5, 5.41) is 0.968. The average Bonchev–Trinajstić information content (AvgIpc) is 2.45. The number of ether oxygens (including phenoxy) is 1. The molecule has 0 bridgehead atoms. The van der Waals surface area contributed by atoms with Gasteiger partial charge in [-0.15, -0.1) is 0 Å². The summed E-state index contributed by atoms with van der Waals surface area (Å²) in [7, 11) is 0. The Hall–Kier alpha value is -1.29. The maximum atomic E-state index is 12.8. The van der Waals surface area contributed by atoms with E-state index in [0.717, 1.165) is 0 Å². The molecule has 0 aliphatic rings. The first kappa shape index (κ1) is 16.1. The number of carbonyl (C=O) groups excluding carboxylic acids is 1. The minimum absolute atomic E-state index is 0.133. The van der Waals surface area contributed by atoms with Crippen molar-refractivity contribution >= 4 is 40.6 Å². The zero-order valence-corrected chi connectivity index (χ0v) is 13.0. The van der Waals surface area contributed by atoms with Gasteiger partial charge in [-0.3, -0.25) is 4.79 Å². The lowest BCUT2D eigenvalue weighted by atomic mass is 10.1. The second-order valence-corrected chi connectivity index (χ2v) is 5.45. The monoisotopic (exact) mass is 346 g/mol. The van der Waals surface area contributed by atoms with Gasteiger partial charge in [0.1, 0.15) is 11.6 Å². The van der Waals surface area contributed by atoms with Crippen LogP contribution < -0.4 is 4.74 Å². The summed E-state index contributed by atoms with van der Waals surface area (Å²) in [5.74, 6) is -0.172. The van der Waals surface area contributed by atoms with Crippen molar-refractivity contribution in [1.29, 1.82) is 0 Å². The van der Waals surface area contributed by atoms with E-state index in [0.29, 0.717) is 26.4 Å². The van der Waals surface area contributed by atoms with E-state index >= 15 is 0 Å². The summed E-state index contributed by atoms with van der Waals surface area (Å²) in [6, 6.07) is 8.32. The van der Waals surface area contributed by atoms with E-state index in [-0.39, 0.29) is 24.6 Å². The molecule has 0 aromatic heterocycles. The second kappa shape index (κ2) is 7.12. The fourth-order valence-electron chi connectivity index (χ4n) is 1.65. The van der Waals surface area contributed by atoms with Crippen LogP contribution in [0.3, 0.4) is 0 Å². The number of Topliss-reactive ketones (excluding diaryl/α,β-unsaturated/α-hetero) is 1. The van der Waals surface area contributed by atoms with Gasteiger partial charge in [0.15, 0.2) is 5.78 Å². The number of hydrogen-bond donors (Lipinski definition) is 0. The number of ketones is 1. The van der Waals surface area contributed by atoms with Crippen molar-refractivity contribution in [2.24, 2.45) is 0 Å². The fourth-order valence-corrected chi connectivity index (χ4v) is 2.24. The van der Waals surface area contributed by atoms with Gasteiger partial charge in [0.25, 0.3) is 0 Å². The number of benzene rings is 2. The Kier molecular flexibility index (Phi) is 5.45. The van der Waals surface area contributed by atoms with Crippen LogP contribution in [-0.4, -0.2) is 12.4 Å². The maximum absolute atomic E-state index is 12.8. The van der Waals surface area contributed by atoms with E-state index in [1.54, 1.807) is 0 Å². The molecule has 0 aliphatic heterocycles. The van der Waals surface area contributed by atoms with Gasteiger partial charge in [-0.1, -0.05) is 34.8 Å². The van der Waals surface area contributed by atoms with Gasteiger partial charge in [0.2, 0.25) is 0 Å². The Bertz CT molecular complexity index is 657. The highest BCUT2D eigenvalue weighted by atomic mass is 35.5. The molecule has 2 nitrogen and oxygen atoms in total. The molecule has 110 valence electrons. The van der Waals surface area contributed by atoms with Crippen LogP contribution in [0.25, 0.3) is 0 Å². The van der Waals surface area contributed by atoms with Crippen molar-refractivity contribution in [3.8, 4) is 5.75 Å². The largest absolute Gasteiger partial charge is 0.491 e. The van der Waals surface area contributed by atoms with Crippen molar-refractivity contribution < 1.29 is 13.9 Å². The van der Waals surface area contributed by atoms with Gasteiger partial charge in [-0.2, -0.15) is 0 Å². The number of hydrogen-bond acceptors (Lipinski definition) is 2. The summed E-state index contributed by atoms with van der Waals surface area (Å²) in [4.78, 5) is 11.9. The molecular weight excluding hydrogens is 338 g/mol. The highest BCUT2D eigenvalue weighted by molar-refractivity contribution is 6.43. The third kappa shape index (κ3) is 4.34. The van der Waals surface area contributed by atoms with E-state index in [4.69, 9.17) is 39.5 Å². The van der Waals surface area contributed by atoms with E-state index in [2.05, 4.69) is 0 Å². The molecule has 2 aromatic rings. The minimum Gasteiger partial charge on any atom is -0.491 e. The van der Waals surface area contributed by atoms with Crippen molar-refractivity contribution in [3.63, 3.8) is 0 Å². The van der Waals surface area contributed by atoms with Gasteiger partial charge >= 0.3 is 0 Å². The summed E-state index contributed by atoms with van der Waals surface area (Å²) >= 11 is 17.6. The van der Waals surface area contributed by atoms with Crippen LogP contribution in [0.4, 0.5) is 4.39 Å². The Morgan fingerprint density at radius 3 is 2.29 bits per heavy atom. The number of carbonyl (C=O) groups is 1. The van der Waals surface area contributed by atoms with Crippen LogP contribution in [-0.2, 0) is 0 Å². The summed E-state index contributed by atoms with van der Waals surface area (Å²) < 4.78 is 18.2. The lowest BCUT2D eigenvalue weighted by Gasteiger charge is -2.09. The second-order valence-electron chi connectivity index (χ2n) is 4.23. The third-order valence-electron chi connectivity index (χ3n) is 2.73. The van der Waals surface area contributed by atoms with Crippen LogP contribution in [0.1, 0.15) is 16.8 Å². The van der Waals surface area contributed by atoms with Crippen LogP contribution in [0.5, 0.6) is 5.75 Å². The van der Waals surface area contributed by atoms with E-state index in [9.17, 15) is 9.18 Å². The average molecular weight is 348 g/mol. The molecule has 0 fully saturated rings. The molecule has 6 heteroatoms. The SMILES string of the molecule is O=C(CCOc1cc(Cl)c(Cl)cc1Cl)c1ccc(F)cc1. The lowest BCUT2D eigenvalue weighted by molar-refractivity contribution is 0.0962. The summed E-state index contributed by atoms with van der Waals surface area (Å²) in [6.07, 6.45) is 0.141.